The van der Waals surface area contributed by atoms with Crippen LogP contribution in [0.4, 0.5) is 28.4 Å². The molecule has 1 aliphatic rings. The first kappa shape index (κ1) is 15.1. The van der Waals surface area contributed by atoms with E-state index < -0.39 is 26.1 Å². The van der Waals surface area contributed by atoms with E-state index in [0.29, 0.717) is 5.69 Å². The summed E-state index contributed by atoms with van der Waals surface area (Å²) in [5.41, 5.74) is -0.837. The molecule has 2 aromatic carbocycles. The molecule has 0 amide bonds. The Morgan fingerprint density at radius 3 is 2.08 bits per heavy atom. The Bertz CT molecular complexity index is 911. The van der Waals surface area contributed by atoms with Crippen molar-refractivity contribution in [2.75, 3.05) is 11.9 Å². The van der Waals surface area contributed by atoms with Crippen molar-refractivity contribution in [3.8, 4) is 11.5 Å². The van der Waals surface area contributed by atoms with E-state index in [9.17, 15) is 30.3 Å². The number of hydrogen-bond donors (Lipinski definition) is 0. The van der Waals surface area contributed by atoms with Crippen LogP contribution >= 0.6 is 0 Å². The van der Waals surface area contributed by atoms with Gasteiger partial charge in [-0.25, -0.2) is 0 Å². The third-order valence-corrected chi connectivity index (χ3v) is 3.52. The summed E-state index contributed by atoms with van der Waals surface area (Å²) in [6, 6.07) is 5.66. The number of ether oxygens (including phenoxy) is 1. The van der Waals surface area contributed by atoms with Crippen LogP contribution in [0.5, 0.6) is 11.5 Å². The highest BCUT2D eigenvalue weighted by atomic mass is 16.6. The van der Waals surface area contributed by atoms with E-state index in [2.05, 4.69) is 0 Å². The van der Waals surface area contributed by atoms with Crippen molar-refractivity contribution in [1.29, 1.82) is 0 Å². The van der Waals surface area contributed by atoms with E-state index in [4.69, 9.17) is 4.74 Å². The van der Waals surface area contributed by atoms with E-state index in [-0.39, 0.29) is 22.9 Å². The van der Waals surface area contributed by atoms with Crippen LogP contribution in [-0.4, -0.2) is 21.8 Å². The maximum absolute atomic E-state index is 11.3. The van der Waals surface area contributed by atoms with Crippen LogP contribution < -0.4 is 9.64 Å². The molecule has 11 nitrogen and oxygen atoms in total. The lowest BCUT2D eigenvalue weighted by molar-refractivity contribution is -0.393. The Balaban J connectivity index is 2.22. The summed E-state index contributed by atoms with van der Waals surface area (Å²) in [6.45, 7) is 0. The molecule has 0 aromatic heterocycles. The zero-order chi connectivity index (χ0) is 17.6. The highest BCUT2D eigenvalue weighted by Gasteiger charge is 2.33. The van der Waals surface area contributed by atoms with Gasteiger partial charge in [0.25, 0.3) is 11.4 Å². The van der Waals surface area contributed by atoms with Crippen molar-refractivity contribution in [2.45, 2.75) is 0 Å². The van der Waals surface area contributed by atoms with Gasteiger partial charge in [0.1, 0.15) is 0 Å². The average Bonchev–Trinajstić information content (AvgIpc) is 2.53. The van der Waals surface area contributed by atoms with Gasteiger partial charge in [0.15, 0.2) is 17.2 Å². The van der Waals surface area contributed by atoms with Gasteiger partial charge in [0.2, 0.25) is 0 Å². The predicted molar refractivity (Wildman–Crippen MR) is 81.0 cm³/mol. The van der Waals surface area contributed by atoms with Gasteiger partial charge < -0.3 is 9.64 Å². The molecule has 1 aliphatic heterocycles. The highest BCUT2D eigenvalue weighted by Crippen LogP contribution is 2.51. The minimum Gasteiger partial charge on any atom is -0.452 e. The zero-order valence-corrected chi connectivity index (χ0v) is 12.0. The number of benzene rings is 2. The fraction of sp³-hybridized carbons (Fsp3) is 0.0769. The second-order valence-electron chi connectivity index (χ2n) is 4.90. The van der Waals surface area contributed by atoms with Crippen LogP contribution in [0.15, 0.2) is 30.3 Å². The van der Waals surface area contributed by atoms with Gasteiger partial charge in [-0.05, 0) is 6.07 Å². The third kappa shape index (κ3) is 2.24. The van der Waals surface area contributed by atoms with Crippen molar-refractivity contribution in [3.05, 3.63) is 60.7 Å². The molecule has 0 radical (unpaired) electrons. The number of nitrogens with zero attached hydrogens (tertiary/aromatic N) is 4. The molecular formula is C13H8N4O7. The summed E-state index contributed by atoms with van der Waals surface area (Å²) >= 11 is 0. The molecule has 0 bridgehead atoms. The van der Waals surface area contributed by atoms with Crippen molar-refractivity contribution in [1.82, 2.24) is 0 Å². The van der Waals surface area contributed by atoms with Gasteiger partial charge in [-0.2, -0.15) is 0 Å². The number of non-ortho nitro benzene ring substituents is 2. The van der Waals surface area contributed by atoms with Gasteiger partial charge in [-0.3, -0.25) is 30.3 Å². The maximum atomic E-state index is 11.3. The molecule has 0 fully saturated rings. The molecule has 24 heavy (non-hydrogen) atoms. The summed E-state index contributed by atoms with van der Waals surface area (Å²) in [5.74, 6) is -0.0413. The first-order valence-corrected chi connectivity index (χ1v) is 6.46. The van der Waals surface area contributed by atoms with E-state index >= 15 is 0 Å². The Morgan fingerprint density at radius 2 is 1.50 bits per heavy atom. The number of anilines is 2. The topological polar surface area (TPSA) is 142 Å². The quantitative estimate of drug-likeness (QED) is 0.615. The zero-order valence-electron chi connectivity index (χ0n) is 12.0. The molecule has 1 heterocycles. The lowest BCUT2D eigenvalue weighted by atomic mass is 10.1. The van der Waals surface area contributed by atoms with Crippen molar-refractivity contribution < 1.29 is 19.5 Å². The smallest absolute Gasteiger partial charge is 0.303 e. The molecule has 0 saturated carbocycles. The number of nitro groups is 3. The molecule has 0 unspecified atom stereocenters. The summed E-state index contributed by atoms with van der Waals surface area (Å²) in [6.07, 6.45) is 0. The van der Waals surface area contributed by atoms with E-state index in [1.165, 1.54) is 24.1 Å². The lowest BCUT2D eigenvalue weighted by Gasteiger charge is -2.28. The van der Waals surface area contributed by atoms with Crippen LogP contribution in [0, 0.1) is 30.3 Å². The van der Waals surface area contributed by atoms with Gasteiger partial charge in [-0.15, -0.1) is 0 Å². The first-order valence-electron chi connectivity index (χ1n) is 6.46. The fourth-order valence-corrected chi connectivity index (χ4v) is 2.45. The molecule has 0 atom stereocenters. The molecule has 122 valence electrons. The minimum atomic E-state index is -0.778. The van der Waals surface area contributed by atoms with Crippen LogP contribution in [0.3, 0.4) is 0 Å². The molecule has 2 aromatic rings. The van der Waals surface area contributed by atoms with Gasteiger partial charge >= 0.3 is 5.69 Å². The Labute approximate surface area is 133 Å². The monoisotopic (exact) mass is 332 g/mol. The molecule has 0 N–H and O–H groups in total. The fourth-order valence-electron chi connectivity index (χ4n) is 2.45. The van der Waals surface area contributed by atoms with Crippen LogP contribution in [0.2, 0.25) is 0 Å². The molecular weight excluding hydrogens is 324 g/mol. The van der Waals surface area contributed by atoms with Gasteiger partial charge in [-0.1, -0.05) is 0 Å². The van der Waals surface area contributed by atoms with E-state index in [0.717, 1.165) is 18.2 Å². The SMILES string of the molecule is CN1c2ccc([N+](=O)[O-])cc2Oc2cc([N+](=O)[O-])cc([N+](=O)[O-])c21. The Hall–Kier alpha value is -3.76. The van der Waals surface area contributed by atoms with Crippen molar-refractivity contribution in [3.63, 3.8) is 0 Å². The van der Waals surface area contributed by atoms with Crippen molar-refractivity contribution >= 4 is 28.4 Å². The summed E-state index contributed by atoms with van der Waals surface area (Å²) in [5, 5.41) is 33.1. The standard InChI is InChI=1S/C13H8N4O7/c1-14-9-3-2-7(15(18)19)5-11(9)24-12-6-8(16(20)21)4-10(13(12)14)17(22)23/h2-6H,1H3. The summed E-state index contributed by atoms with van der Waals surface area (Å²) in [4.78, 5) is 32.3. The van der Waals surface area contributed by atoms with Gasteiger partial charge in [0, 0.05) is 13.1 Å². The molecule has 3 rings (SSSR count). The average molecular weight is 332 g/mol. The molecule has 0 aliphatic carbocycles. The largest absolute Gasteiger partial charge is 0.452 e. The Morgan fingerprint density at radius 1 is 0.875 bits per heavy atom. The molecule has 0 spiro atoms. The third-order valence-electron chi connectivity index (χ3n) is 3.52. The first-order chi connectivity index (χ1) is 11.3. The number of rotatable bonds is 3. The summed E-state index contributed by atoms with van der Waals surface area (Å²) < 4.78 is 5.47. The van der Waals surface area contributed by atoms with Gasteiger partial charge in [0.05, 0.1) is 38.7 Å². The second kappa shape index (κ2) is 5.15. The number of nitro benzene ring substituents is 3. The number of hydrogen-bond acceptors (Lipinski definition) is 8. The highest BCUT2D eigenvalue weighted by molar-refractivity contribution is 5.85. The van der Waals surface area contributed by atoms with Crippen LogP contribution in [0.1, 0.15) is 0 Å². The predicted octanol–water partition coefficient (Wildman–Crippen LogP) is 3.28. The van der Waals surface area contributed by atoms with Crippen LogP contribution in [-0.2, 0) is 0 Å². The maximum Gasteiger partial charge on any atom is 0.303 e. The molecule has 0 saturated heterocycles. The van der Waals surface area contributed by atoms with Crippen LogP contribution in [0.25, 0.3) is 0 Å². The normalized spacial score (nSPS) is 12.0. The summed E-state index contributed by atoms with van der Waals surface area (Å²) in [7, 11) is 1.50. The minimum absolute atomic E-state index is 0.0342. The Kier molecular flexibility index (Phi) is 3.25. The lowest BCUT2D eigenvalue weighted by Crippen LogP contribution is -2.17. The van der Waals surface area contributed by atoms with E-state index in [1.54, 1.807) is 0 Å². The number of fused-ring (bicyclic) bond motifs is 2. The van der Waals surface area contributed by atoms with Crippen molar-refractivity contribution in [2.24, 2.45) is 0 Å². The molecule has 11 heteroatoms. The second-order valence-corrected chi connectivity index (χ2v) is 4.90. The van der Waals surface area contributed by atoms with E-state index in [1.807, 2.05) is 0 Å².